The molecule has 3 aromatic heterocycles. The van der Waals surface area contributed by atoms with Gasteiger partial charge in [-0.25, -0.2) is 13.9 Å². The molecule has 0 atom stereocenters. The Kier molecular flexibility index (Phi) is 5.02. The van der Waals surface area contributed by atoms with Gasteiger partial charge in [-0.05, 0) is 49.6 Å². The standard InChI is InChI=1S/C21H19FN4O2S/c1-13-18(14(2)26-19(23-13)11-20(27)24-26)10-21(28)25(12-17-4-3-9-29-17)16-7-5-15(22)6-8-16/h3-9,11H,10,12H2,1-2H3,(H,24,27). The van der Waals surface area contributed by atoms with Gasteiger partial charge in [-0.3, -0.25) is 14.7 Å². The van der Waals surface area contributed by atoms with Crippen molar-refractivity contribution in [3.05, 3.63) is 85.8 Å². The first-order valence-corrected chi connectivity index (χ1v) is 9.96. The maximum absolute atomic E-state index is 13.4. The number of benzene rings is 1. The van der Waals surface area contributed by atoms with Crippen molar-refractivity contribution in [3.63, 3.8) is 0 Å². The highest BCUT2D eigenvalue weighted by Gasteiger charge is 2.21. The number of aryl methyl sites for hydroxylation is 2. The van der Waals surface area contributed by atoms with Crippen LogP contribution in [0.5, 0.6) is 0 Å². The van der Waals surface area contributed by atoms with Crippen LogP contribution in [0, 0.1) is 19.7 Å². The molecule has 0 fully saturated rings. The van der Waals surface area contributed by atoms with Gasteiger partial charge in [-0.1, -0.05) is 6.07 Å². The number of aromatic amines is 1. The van der Waals surface area contributed by atoms with E-state index in [-0.39, 0.29) is 23.7 Å². The lowest BCUT2D eigenvalue weighted by atomic mass is 10.1. The molecule has 0 aliphatic rings. The molecule has 0 spiro atoms. The zero-order valence-electron chi connectivity index (χ0n) is 16.0. The third kappa shape index (κ3) is 3.84. The second kappa shape index (κ2) is 7.63. The van der Waals surface area contributed by atoms with Crippen LogP contribution in [-0.4, -0.2) is 20.5 Å². The van der Waals surface area contributed by atoms with Crippen molar-refractivity contribution in [2.75, 3.05) is 4.90 Å². The SMILES string of the molecule is Cc1nc2cc(=O)[nH]n2c(C)c1CC(=O)N(Cc1cccs1)c1ccc(F)cc1. The lowest BCUT2D eigenvalue weighted by Crippen LogP contribution is -2.32. The summed E-state index contributed by atoms with van der Waals surface area (Å²) < 4.78 is 15.0. The summed E-state index contributed by atoms with van der Waals surface area (Å²) >= 11 is 1.56. The zero-order chi connectivity index (χ0) is 20.5. The fraction of sp³-hybridized carbons (Fsp3) is 0.190. The second-order valence-electron chi connectivity index (χ2n) is 6.79. The number of nitrogens with zero attached hydrogens (tertiary/aromatic N) is 3. The minimum atomic E-state index is -0.352. The first-order chi connectivity index (χ1) is 13.9. The first kappa shape index (κ1) is 19.1. The molecule has 0 saturated carbocycles. The molecule has 8 heteroatoms. The second-order valence-corrected chi connectivity index (χ2v) is 7.82. The van der Waals surface area contributed by atoms with Crippen molar-refractivity contribution < 1.29 is 9.18 Å². The molecule has 4 aromatic rings. The minimum absolute atomic E-state index is 0.115. The van der Waals surface area contributed by atoms with Gasteiger partial charge in [0.1, 0.15) is 5.82 Å². The molecule has 4 rings (SSSR count). The van der Waals surface area contributed by atoms with Crippen LogP contribution in [0.1, 0.15) is 21.8 Å². The third-order valence-corrected chi connectivity index (χ3v) is 5.72. The summed E-state index contributed by atoms with van der Waals surface area (Å²) in [5.74, 6) is -0.484. The van der Waals surface area contributed by atoms with Crippen LogP contribution in [0.15, 0.2) is 52.6 Å². The van der Waals surface area contributed by atoms with E-state index in [4.69, 9.17) is 0 Å². The van der Waals surface area contributed by atoms with Crippen LogP contribution in [0.2, 0.25) is 0 Å². The highest BCUT2D eigenvalue weighted by atomic mass is 32.1. The molecule has 0 unspecified atom stereocenters. The van der Waals surface area contributed by atoms with Gasteiger partial charge in [0.05, 0.1) is 13.0 Å². The first-order valence-electron chi connectivity index (χ1n) is 9.08. The van der Waals surface area contributed by atoms with Crippen LogP contribution < -0.4 is 10.5 Å². The number of carbonyl (C=O) groups is 1. The van der Waals surface area contributed by atoms with Crippen LogP contribution >= 0.6 is 11.3 Å². The Hall–Kier alpha value is -3.26. The fourth-order valence-electron chi connectivity index (χ4n) is 3.36. The van der Waals surface area contributed by atoms with Crippen molar-refractivity contribution >= 4 is 28.6 Å². The molecule has 0 saturated heterocycles. The molecular weight excluding hydrogens is 391 g/mol. The van der Waals surface area contributed by atoms with Crippen molar-refractivity contribution in [1.29, 1.82) is 0 Å². The number of rotatable bonds is 5. The third-order valence-electron chi connectivity index (χ3n) is 4.86. The minimum Gasteiger partial charge on any atom is -0.307 e. The highest BCUT2D eigenvalue weighted by molar-refractivity contribution is 7.09. The normalized spacial score (nSPS) is 11.1. The Labute approximate surface area is 170 Å². The van der Waals surface area contributed by atoms with Crippen molar-refractivity contribution in [3.8, 4) is 0 Å². The molecule has 0 radical (unpaired) electrons. The summed E-state index contributed by atoms with van der Waals surface area (Å²) in [6, 6.07) is 11.2. The number of carbonyl (C=O) groups excluding carboxylic acids is 1. The predicted molar refractivity (Wildman–Crippen MR) is 111 cm³/mol. The Bertz CT molecular complexity index is 1230. The molecular formula is C21H19FN4O2S. The summed E-state index contributed by atoms with van der Waals surface area (Å²) in [5, 5.41) is 4.66. The van der Waals surface area contributed by atoms with Gasteiger partial charge < -0.3 is 4.90 Å². The molecule has 1 N–H and O–H groups in total. The van der Waals surface area contributed by atoms with Crippen molar-refractivity contribution in [2.45, 2.75) is 26.8 Å². The van der Waals surface area contributed by atoms with Gasteiger partial charge >= 0.3 is 0 Å². The number of H-pyrrole nitrogens is 1. The number of thiophene rings is 1. The van der Waals surface area contributed by atoms with E-state index in [2.05, 4.69) is 10.1 Å². The number of anilines is 1. The summed E-state index contributed by atoms with van der Waals surface area (Å²) in [6.07, 6.45) is 0.115. The maximum Gasteiger partial charge on any atom is 0.266 e. The number of halogens is 1. The average molecular weight is 410 g/mol. The van der Waals surface area contributed by atoms with Crippen LogP contribution in [0.3, 0.4) is 0 Å². The molecule has 148 valence electrons. The largest absolute Gasteiger partial charge is 0.307 e. The van der Waals surface area contributed by atoms with Gasteiger partial charge in [0.25, 0.3) is 5.56 Å². The van der Waals surface area contributed by atoms with Gasteiger partial charge in [-0.15, -0.1) is 11.3 Å². The van der Waals surface area contributed by atoms with E-state index in [1.807, 2.05) is 31.4 Å². The number of fused-ring (bicyclic) bond motifs is 1. The summed E-state index contributed by atoms with van der Waals surface area (Å²) in [5.41, 5.74) is 3.13. The fourth-order valence-corrected chi connectivity index (χ4v) is 4.05. The molecule has 3 heterocycles. The van der Waals surface area contributed by atoms with E-state index in [1.165, 1.54) is 18.2 Å². The number of hydrogen-bond acceptors (Lipinski definition) is 4. The van der Waals surface area contributed by atoms with Crippen LogP contribution in [-0.2, 0) is 17.8 Å². The topological polar surface area (TPSA) is 70.5 Å². The van der Waals surface area contributed by atoms with Crippen LogP contribution in [0.25, 0.3) is 5.65 Å². The number of aromatic nitrogens is 3. The van der Waals surface area contributed by atoms with Gasteiger partial charge in [0.2, 0.25) is 5.91 Å². The molecule has 29 heavy (non-hydrogen) atoms. The maximum atomic E-state index is 13.4. The van der Waals surface area contributed by atoms with Gasteiger partial charge in [0.15, 0.2) is 5.65 Å². The number of nitrogens with one attached hydrogen (secondary N) is 1. The lowest BCUT2D eigenvalue weighted by molar-refractivity contribution is -0.118. The van der Waals surface area contributed by atoms with E-state index in [0.29, 0.717) is 23.6 Å². The molecule has 0 bridgehead atoms. The zero-order valence-corrected chi connectivity index (χ0v) is 16.8. The number of hydrogen-bond donors (Lipinski definition) is 1. The Morgan fingerprint density at radius 3 is 2.69 bits per heavy atom. The summed E-state index contributed by atoms with van der Waals surface area (Å²) in [4.78, 5) is 32.1. The quantitative estimate of drug-likeness (QED) is 0.546. The van der Waals surface area contributed by atoms with Gasteiger partial charge in [-0.2, -0.15) is 0 Å². The molecule has 0 aliphatic heterocycles. The monoisotopic (exact) mass is 410 g/mol. The van der Waals surface area contributed by atoms with E-state index in [9.17, 15) is 14.0 Å². The van der Waals surface area contributed by atoms with E-state index in [1.54, 1.807) is 32.9 Å². The molecule has 1 amide bonds. The highest BCUT2D eigenvalue weighted by Crippen LogP contribution is 2.23. The number of amides is 1. The Morgan fingerprint density at radius 1 is 1.24 bits per heavy atom. The van der Waals surface area contributed by atoms with Crippen molar-refractivity contribution in [2.24, 2.45) is 0 Å². The van der Waals surface area contributed by atoms with E-state index >= 15 is 0 Å². The molecule has 1 aromatic carbocycles. The molecule has 6 nitrogen and oxygen atoms in total. The Morgan fingerprint density at radius 2 is 2.00 bits per heavy atom. The average Bonchev–Trinajstić information content (AvgIpc) is 3.33. The molecule has 0 aliphatic carbocycles. The Balaban J connectivity index is 1.70. The van der Waals surface area contributed by atoms with Gasteiger partial charge in [0, 0.05) is 33.6 Å². The van der Waals surface area contributed by atoms with Crippen LogP contribution in [0.4, 0.5) is 10.1 Å². The predicted octanol–water partition coefficient (Wildman–Crippen LogP) is 3.62. The lowest BCUT2D eigenvalue weighted by Gasteiger charge is -2.23. The summed E-state index contributed by atoms with van der Waals surface area (Å²) in [6.45, 7) is 4.08. The van der Waals surface area contributed by atoms with E-state index < -0.39 is 0 Å². The smallest absolute Gasteiger partial charge is 0.266 e. The van der Waals surface area contributed by atoms with E-state index in [0.717, 1.165) is 16.1 Å². The summed E-state index contributed by atoms with van der Waals surface area (Å²) in [7, 11) is 0. The van der Waals surface area contributed by atoms with Crippen molar-refractivity contribution in [1.82, 2.24) is 14.6 Å².